The van der Waals surface area contributed by atoms with Gasteiger partial charge >= 0.3 is 0 Å². The van der Waals surface area contributed by atoms with Gasteiger partial charge in [0, 0.05) is 34.7 Å². The molecule has 1 aromatic carbocycles. The highest BCUT2D eigenvalue weighted by Gasteiger charge is 2.19. The third-order valence-electron chi connectivity index (χ3n) is 5.79. The average molecular weight is 579 g/mol. The number of pyridine rings is 2. The minimum absolute atomic E-state index is 0. The first-order valence-corrected chi connectivity index (χ1v) is 13.2. The van der Waals surface area contributed by atoms with Crippen molar-refractivity contribution in [2.45, 2.75) is 35.5 Å². The molecule has 1 aliphatic rings. The number of piperidine rings is 1. The van der Waals surface area contributed by atoms with E-state index in [1.165, 1.54) is 0 Å². The quantitative estimate of drug-likeness (QED) is 0.226. The molecule has 0 saturated carbocycles. The number of ether oxygens (including phenoxy) is 2. The Morgan fingerprint density at radius 1 is 1.05 bits per heavy atom. The van der Waals surface area contributed by atoms with Crippen LogP contribution >= 0.6 is 47.9 Å². The number of thiazole rings is 1. The van der Waals surface area contributed by atoms with Gasteiger partial charge in [0.15, 0.2) is 5.13 Å². The summed E-state index contributed by atoms with van der Waals surface area (Å²) in [6, 6.07) is 13.6. The van der Waals surface area contributed by atoms with E-state index in [9.17, 15) is 0 Å². The molecule has 0 spiro atoms. The van der Waals surface area contributed by atoms with Crippen LogP contribution in [0.5, 0.6) is 17.2 Å². The minimum Gasteiger partial charge on any atom is -0.497 e. The zero-order chi connectivity index (χ0) is 24.0. The first-order chi connectivity index (χ1) is 17.2. The lowest BCUT2D eigenvalue weighted by Gasteiger charge is -2.20. The van der Waals surface area contributed by atoms with Crippen molar-refractivity contribution in [3.8, 4) is 17.2 Å². The molecule has 0 bridgehead atoms. The van der Waals surface area contributed by atoms with E-state index in [0.717, 1.165) is 58.0 Å². The molecular formula is C26H29Cl2N5O2S2. The van der Waals surface area contributed by atoms with Crippen LogP contribution < -0.4 is 20.1 Å². The zero-order valence-corrected chi connectivity index (χ0v) is 23.7. The number of anilines is 2. The first kappa shape index (κ1) is 29.0. The van der Waals surface area contributed by atoms with Gasteiger partial charge < -0.3 is 20.1 Å². The summed E-state index contributed by atoms with van der Waals surface area (Å²) in [6.45, 7) is 4.03. The highest BCUT2D eigenvalue weighted by molar-refractivity contribution is 7.99. The van der Waals surface area contributed by atoms with E-state index < -0.39 is 0 Å². The lowest BCUT2D eigenvalue weighted by atomic mass is 9.96. The Hall–Kier alpha value is -2.56. The third-order valence-corrected chi connectivity index (χ3v) is 7.59. The summed E-state index contributed by atoms with van der Waals surface area (Å²) in [5.41, 5.74) is 1.98. The van der Waals surface area contributed by atoms with Gasteiger partial charge in [0.2, 0.25) is 0 Å². The van der Waals surface area contributed by atoms with Crippen molar-refractivity contribution < 1.29 is 9.47 Å². The van der Waals surface area contributed by atoms with Crippen LogP contribution in [0.15, 0.2) is 70.0 Å². The van der Waals surface area contributed by atoms with Crippen molar-refractivity contribution in [3.05, 3.63) is 71.6 Å². The van der Waals surface area contributed by atoms with Gasteiger partial charge in [-0.3, -0.25) is 4.98 Å². The number of hydrogen-bond donors (Lipinski definition) is 2. The van der Waals surface area contributed by atoms with Crippen LogP contribution in [0, 0.1) is 6.92 Å². The number of nitrogens with one attached hydrogen (secondary N) is 2. The topological polar surface area (TPSA) is 81.2 Å². The summed E-state index contributed by atoms with van der Waals surface area (Å²) in [5.74, 6) is 3.41. The number of rotatable bonds is 8. The van der Waals surface area contributed by atoms with Crippen LogP contribution in [0.2, 0.25) is 0 Å². The van der Waals surface area contributed by atoms with Gasteiger partial charge in [-0.25, -0.2) is 9.97 Å². The summed E-state index contributed by atoms with van der Waals surface area (Å²) in [6.07, 6.45) is 5.84. The fraction of sp³-hybridized carbons (Fsp3) is 0.269. The van der Waals surface area contributed by atoms with Crippen molar-refractivity contribution >= 4 is 58.9 Å². The molecule has 0 aliphatic carbocycles. The van der Waals surface area contributed by atoms with Crippen LogP contribution in [-0.4, -0.2) is 35.2 Å². The number of hydrogen-bond acceptors (Lipinski definition) is 9. The van der Waals surface area contributed by atoms with Crippen molar-refractivity contribution in [3.63, 3.8) is 0 Å². The van der Waals surface area contributed by atoms with Crippen LogP contribution in [0.25, 0.3) is 0 Å². The number of aryl methyl sites for hydroxylation is 1. The molecule has 0 unspecified atom stereocenters. The van der Waals surface area contributed by atoms with Gasteiger partial charge in [-0.1, -0.05) is 17.8 Å². The molecule has 11 heteroatoms. The lowest BCUT2D eigenvalue weighted by Crippen LogP contribution is -2.26. The number of methoxy groups -OCH3 is 1. The van der Waals surface area contributed by atoms with Gasteiger partial charge in [0.1, 0.15) is 23.1 Å². The number of nitrogens with zero attached hydrogens (tertiary/aromatic N) is 3. The average Bonchev–Trinajstić information content (AvgIpc) is 3.36. The van der Waals surface area contributed by atoms with E-state index in [-0.39, 0.29) is 24.8 Å². The standard InChI is InChI=1S/C26H27N5O2S2.2ClH/c1-17-22(7-4-10-28-17)33-23-14-25(29-15-24(23)35-20-6-3-5-19(13-20)32-2)31-26-30-21(16-34-26)18-8-11-27-12-9-18;;/h3-7,10,13-16,18,27H,8-9,11-12H2,1-2H3,(H,29,30,31);2*1H. The van der Waals surface area contributed by atoms with Crippen LogP contribution in [0.4, 0.5) is 10.9 Å². The van der Waals surface area contributed by atoms with Crippen LogP contribution in [0.3, 0.4) is 0 Å². The monoisotopic (exact) mass is 577 g/mol. The zero-order valence-electron chi connectivity index (χ0n) is 20.5. The molecule has 196 valence electrons. The molecular weight excluding hydrogens is 549 g/mol. The van der Waals surface area contributed by atoms with E-state index in [1.54, 1.807) is 36.4 Å². The number of benzene rings is 1. The Bertz CT molecular complexity index is 1300. The van der Waals surface area contributed by atoms with E-state index in [2.05, 4.69) is 26.0 Å². The summed E-state index contributed by atoms with van der Waals surface area (Å²) in [4.78, 5) is 15.8. The second-order valence-electron chi connectivity index (χ2n) is 8.21. The Kier molecular flexibility index (Phi) is 10.8. The molecule has 5 rings (SSSR count). The largest absolute Gasteiger partial charge is 0.497 e. The van der Waals surface area contributed by atoms with E-state index in [1.807, 2.05) is 55.6 Å². The molecule has 1 aliphatic heterocycles. The minimum atomic E-state index is 0. The van der Waals surface area contributed by atoms with Gasteiger partial charge in [0.05, 0.1) is 23.4 Å². The van der Waals surface area contributed by atoms with E-state index in [4.69, 9.17) is 14.5 Å². The molecule has 2 N–H and O–H groups in total. The molecule has 0 radical (unpaired) electrons. The predicted molar refractivity (Wildman–Crippen MR) is 155 cm³/mol. The summed E-state index contributed by atoms with van der Waals surface area (Å²) >= 11 is 3.18. The van der Waals surface area contributed by atoms with E-state index >= 15 is 0 Å². The molecule has 37 heavy (non-hydrogen) atoms. The molecule has 0 atom stereocenters. The fourth-order valence-corrected chi connectivity index (χ4v) is 5.58. The smallest absolute Gasteiger partial charge is 0.188 e. The van der Waals surface area contributed by atoms with Gasteiger partial charge in [-0.05, 0) is 63.2 Å². The second-order valence-corrected chi connectivity index (χ2v) is 10.2. The van der Waals surface area contributed by atoms with Crippen LogP contribution in [0.1, 0.15) is 30.1 Å². The van der Waals surface area contributed by atoms with Crippen molar-refractivity contribution in [2.24, 2.45) is 0 Å². The Labute approximate surface area is 237 Å². The van der Waals surface area contributed by atoms with Gasteiger partial charge in [0.25, 0.3) is 0 Å². The second kappa shape index (κ2) is 13.8. The molecule has 0 amide bonds. The summed E-state index contributed by atoms with van der Waals surface area (Å²) in [7, 11) is 1.67. The number of halogens is 2. The molecule has 4 heterocycles. The van der Waals surface area contributed by atoms with Crippen molar-refractivity contribution in [1.29, 1.82) is 0 Å². The highest BCUT2D eigenvalue weighted by Crippen LogP contribution is 2.40. The maximum atomic E-state index is 6.33. The molecule has 1 fully saturated rings. The SMILES string of the molecule is COc1cccc(Sc2cnc(Nc3nc(C4CCNCC4)cs3)cc2Oc2cccnc2C)c1.Cl.Cl. The Morgan fingerprint density at radius 2 is 1.89 bits per heavy atom. The maximum Gasteiger partial charge on any atom is 0.188 e. The highest BCUT2D eigenvalue weighted by atomic mass is 35.5. The van der Waals surface area contributed by atoms with Gasteiger partial charge in [-0.15, -0.1) is 36.2 Å². The molecule has 3 aromatic heterocycles. The fourth-order valence-electron chi connectivity index (χ4n) is 3.89. The van der Waals surface area contributed by atoms with Crippen molar-refractivity contribution in [1.82, 2.24) is 20.3 Å². The van der Waals surface area contributed by atoms with E-state index in [0.29, 0.717) is 23.2 Å². The number of aromatic nitrogens is 3. The van der Waals surface area contributed by atoms with Gasteiger partial charge in [-0.2, -0.15) is 0 Å². The maximum absolute atomic E-state index is 6.33. The Balaban J connectivity index is 0.00000190. The van der Waals surface area contributed by atoms with Crippen molar-refractivity contribution in [2.75, 3.05) is 25.5 Å². The normalized spacial score (nSPS) is 13.2. The third kappa shape index (κ3) is 7.49. The molecule has 4 aromatic rings. The Morgan fingerprint density at radius 3 is 2.68 bits per heavy atom. The predicted octanol–water partition coefficient (Wildman–Crippen LogP) is 7.25. The first-order valence-electron chi connectivity index (χ1n) is 11.5. The summed E-state index contributed by atoms with van der Waals surface area (Å²) in [5, 5.41) is 9.77. The summed E-state index contributed by atoms with van der Waals surface area (Å²) < 4.78 is 11.7. The van der Waals surface area contributed by atoms with Crippen LogP contribution in [-0.2, 0) is 0 Å². The molecule has 1 saturated heterocycles. The molecule has 7 nitrogen and oxygen atoms in total. The lowest BCUT2D eigenvalue weighted by molar-refractivity contribution is 0.413.